The van der Waals surface area contributed by atoms with Crippen molar-refractivity contribution in [2.45, 2.75) is 19.1 Å². The van der Waals surface area contributed by atoms with Crippen LogP contribution in [0.3, 0.4) is 0 Å². The van der Waals surface area contributed by atoms with Gasteiger partial charge < -0.3 is 4.74 Å². The van der Waals surface area contributed by atoms with Crippen molar-refractivity contribution in [1.82, 2.24) is 25.6 Å². The van der Waals surface area contributed by atoms with Crippen molar-refractivity contribution in [3.8, 4) is 17.1 Å². The Labute approximate surface area is 219 Å². The summed E-state index contributed by atoms with van der Waals surface area (Å²) in [6, 6.07) is 34.8. The van der Waals surface area contributed by atoms with E-state index in [1.165, 1.54) is 4.80 Å². The summed E-state index contributed by atoms with van der Waals surface area (Å²) >= 11 is 0. The molecule has 1 N–H and O–H groups in total. The molecule has 186 valence electrons. The van der Waals surface area contributed by atoms with Gasteiger partial charge in [0.2, 0.25) is 5.82 Å². The highest BCUT2D eigenvalue weighted by Gasteiger charge is 2.26. The number of nitrogens with zero attached hydrogens (tertiary/aromatic N) is 5. The highest BCUT2D eigenvalue weighted by Crippen LogP contribution is 2.34. The third-order valence-corrected chi connectivity index (χ3v) is 6.33. The number of fused-ring (bicyclic) bond motifs is 1. The van der Waals surface area contributed by atoms with Gasteiger partial charge >= 0.3 is 0 Å². The van der Waals surface area contributed by atoms with Crippen molar-refractivity contribution in [2.24, 2.45) is 5.10 Å². The SMILES string of the molecule is O=C(N/N=C1/CC(c2ccccc2)Oc2ccccc21)c1ccc(Cn2nnc(-c3ccccc3)n2)cc1. The van der Waals surface area contributed by atoms with E-state index >= 15 is 0 Å². The average Bonchev–Trinajstić information content (AvgIpc) is 3.45. The molecule has 8 nitrogen and oxygen atoms in total. The summed E-state index contributed by atoms with van der Waals surface area (Å²) in [7, 11) is 0. The van der Waals surface area contributed by atoms with Crippen LogP contribution >= 0.6 is 0 Å². The van der Waals surface area contributed by atoms with E-state index in [0.717, 1.165) is 33.7 Å². The Hall–Kier alpha value is -5.11. The first-order chi connectivity index (χ1) is 18.7. The summed E-state index contributed by atoms with van der Waals surface area (Å²) in [6.45, 7) is 0.446. The standard InChI is InChI=1S/C30H24N6O2/c37-30(24-17-15-21(16-18-24)20-36-34-29(32-35-36)23-11-5-2-6-12-23)33-31-26-19-28(22-9-3-1-4-10-22)38-27-14-8-7-13-25(26)27/h1-18,28H,19-20H2,(H,33,37)/b31-26-. The van der Waals surface area contributed by atoms with E-state index in [4.69, 9.17) is 4.74 Å². The molecule has 0 spiro atoms. The molecule has 0 radical (unpaired) electrons. The van der Waals surface area contributed by atoms with Crippen LogP contribution in [0, 0.1) is 0 Å². The van der Waals surface area contributed by atoms with Crippen LogP contribution in [0.4, 0.5) is 0 Å². The number of benzene rings is 4. The number of hydrogen-bond donors (Lipinski definition) is 1. The molecule has 0 saturated carbocycles. The van der Waals surface area contributed by atoms with Crippen LogP contribution in [0.15, 0.2) is 114 Å². The van der Waals surface area contributed by atoms with Gasteiger partial charge in [-0.05, 0) is 40.6 Å². The zero-order chi connectivity index (χ0) is 25.7. The highest BCUT2D eigenvalue weighted by atomic mass is 16.5. The van der Waals surface area contributed by atoms with Crippen LogP contribution in [0.5, 0.6) is 5.75 Å². The molecule has 5 aromatic rings. The Bertz CT molecular complexity index is 1580. The van der Waals surface area contributed by atoms with E-state index in [9.17, 15) is 4.79 Å². The Balaban J connectivity index is 1.14. The van der Waals surface area contributed by atoms with Gasteiger partial charge in [0.15, 0.2) is 0 Å². The van der Waals surface area contributed by atoms with Crippen molar-refractivity contribution in [2.75, 3.05) is 0 Å². The van der Waals surface area contributed by atoms with Gasteiger partial charge in [-0.1, -0.05) is 84.9 Å². The van der Waals surface area contributed by atoms with E-state index in [0.29, 0.717) is 24.4 Å². The second-order valence-corrected chi connectivity index (χ2v) is 8.92. The van der Waals surface area contributed by atoms with E-state index in [-0.39, 0.29) is 12.0 Å². The number of hydrogen-bond acceptors (Lipinski definition) is 6. The molecule has 38 heavy (non-hydrogen) atoms. The number of rotatable bonds is 6. The predicted octanol–water partition coefficient (Wildman–Crippen LogP) is 5.05. The van der Waals surface area contributed by atoms with Crippen LogP contribution in [-0.4, -0.2) is 31.8 Å². The molecular formula is C30H24N6O2. The number of para-hydroxylation sites is 1. The largest absolute Gasteiger partial charge is 0.485 e. The molecule has 2 heterocycles. The molecule has 0 aliphatic carbocycles. The van der Waals surface area contributed by atoms with Crippen molar-refractivity contribution in [1.29, 1.82) is 0 Å². The Morgan fingerprint density at radius 2 is 1.61 bits per heavy atom. The normalized spacial score (nSPS) is 15.5. The van der Waals surface area contributed by atoms with Gasteiger partial charge in [0.1, 0.15) is 11.9 Å². The van der Waals surface area contributed by atoms with Gasteiger partial charge in [0.05, 0.1) is 12.3 Å². The maximum absolute atomic E-state index is 12.9. The predicted molar refractivity (Wildman–Crippen MR) is 144 cm³/mol. The molecule has 0 fully saturated rings. The number of nitrogens with one attached hydrogen (secondary N) is 1. The Kier molecular flexibility index (Phi) is 6.42. The minimum absolute atomic E-state index is 0.172. The Morgan fingerprint density at radius 1 is 0.895 bits per heavy atom. The number of amides is 1. The first kappa shape index (κ1) is 23.3. The third-order valence-electron chi connectivity index (χ3n) is 6.33. The number of tetrazole rings is 1. The fourth-order valence-corrected chi connectivity index (χ4v) is 4.37. The summed E-state index contributed by atoms with van der Waals surface area (Å²) < 4.78 is 6.22. The minimum atomic E-state index is -0.283. The molecule has 1 aliphatic rings. The van der Waals surface area contributed by atoms with Crippen molar-refractivity contribution < 1.29 is 9.53 Å². The zero-order valence-corrected chi connectivity index (χ0v) is 20.4. The molecule has 4 aromatic carbocycles. The number of aromatic nitrogens is 4. The Morgan fingerprint density at radius 3 is 2.39 bits per heavy atom. The van der Waals surface area contributed by atoms with Gasteiger partial charge in [-0.3, -0.25) is 4.79 Å². The number of carbonyl (C=O) groups excluding carboxylic acids is 1. The van der Waals surface area contributed by atoms with Crippen molar-refractivity contribution in [3.63, 3.8) is 0 Å². The lowest BCUT2D eigenvalue weighted by atomic mass is 9.96. The van der Waals surface area contributed by atoms with Crippen LogP contribution in [0.2, 0.25) is 0 Å². The second kappa shape index (κ2) is 10.5. The van der Waals surface area contributed by atoms with E-state index in [1.807, 2.05) is 97.1 Å². The van der Waals surface area contributed by atoms with Gasteiger partial charge in [-0.25, -0.2) is 5.43 Å². The van der Waals surface area contributed by atoms with E-state index < -0.39 is 0 Å². The zero-order valence-electron chi connectivity index (χ0n) is 20.4. The first-order valence-electron chi connectivity index (χ1n) is 12.3. The molecule has 0 bridgehead atoms. The fourth-order valence-electron chi connectivity index (χ4n) is 4.37. The number of ether oxygens (including phenoxy) is 1. The van der Waals surface area contributed by atoms with Gasteiger partial charge in [-0.2, -0.15) is 9.90 Å². The molecule has 1 atom stereocenters. The average molecular weight is 501 g/mol. The van der Waals surface area contributed by atoms with Crippen molar-refractivity contribution in [3.05, 3.63) is 131 Å². The highest BCUT2D eigenvalue weighted by molar-refractivity contribution is 6.05. The van der Waals surface area contributed by atoms with Gasteiger partial charge in [0, 0.05) is 23.1 Å². The quantitative estimate of drug-likeness (QED) is 0.330. The summed E-state index contributed by atoms with van der Waals surface area (Å²) in [4.78, 5) is 14.4. The molecular weight excluding hydrogens is 476 g/mol. The fraction of sp³-hybridized carbons (Fsp3) is 0.100. The third kappa shape index (κ3) is 5.05. The summed E-state index contributed by atoms with van der Waals surface area (Å²) in [5.41, 5.74) is 7.82. The van der Waals surface area contributed by atoms with Crippen LogP contribution < -0.4 is 10.2 Å². The van der Waals surface area contributed by atoms with Crippen LogP contribution in [-0.2, 0) is 6.54 Å². The summed E-state index contributed by atoms with van der Waals surface area (Å²) in [5, 5.41) is 17.2. The monoisotopic (exact) mass is 500 g/mol. The second-order valence-electron chi connectivity index (χ2n) is 8.92. The minimum Gasteiger partial charge on any atom is -0.485 e. The molecule has 0 saturated heterocycles. The summed E-state index contributed by atoms with van der Waals surface area (Å²) in [5.74, 6) is 1.04. The molecule has 8 heteroatoms. The van der Waals surface area contributed by atoms with Gasteiger partial charge in [-0.15, -0.1) is 10.2 Å². The lowest BCUT2D eigenvalue weighted by Gasteiger charge is -2.27. The van der Waals surface area contributed by atoms with Crippen molar-refractivity contribution >= 4 is 11.6 Å². The van der Waals surface area contributed by atoms with Gasteiger partial charge in [0.25, 0.3) is 5.91 Å². The molecule has 6 rings (SSSR count). The number of hydrazone groups is 1. The van der Waals surface area contributed by atoms with Crippen LogP contribution in [0.1, 0.15) is 39.6 Å². The summed E-state index contributed by atoms with van der Waals surface area (Å²) in [6.07, 6.45) is 0.379. The van der Waals surface area contributed by atoms with E-state index in [1.54, 1.807) is 12.1 Å². The van der Waals surface area contributed by atoms with Crippen LogP contribution in [0.25, 0.3) is 11.4 Å². The topological polar surface area (TPSA) is 94.3 Å². The molecule has 1 amide bonds. The maximum atomic E-state index is 12.9. The smallest absolute Gasteiger partial charge is 0.271 e. The first-order valence-corrected chi connectivity index (χ1v) is 12.3. The van der Waals surface area contributed by atoms with E-state index in [2.05, 4.69) is 25.9 Å². The molecule has 1 unspecified atom stereocenters. The lowest BCUT2D eigenvalue weighted by Crippen LogP contribution is -2.25. The molecule has 1 aliphatic heterocycles. The lowest BCUT2D eigenvalue weighted by molar-refractivity contribution is 0.0954. The maximum Gasteiger partial charge on any atom is 0.271 e. The number of carbonyl (C=O) groups is 1. The molecule has 1 aromatic heterocycles.